The van der Waals surface area contributed by atoms with Crippen molar-refractivity contribution in [2.24, 2.45) is 0 Å². The number of nitrogens with one attached hydrogen (secondary N) is 2. The molecule has 0 atom stereocenters. The zero-order chi connectivity index (χ0) is 12.5. The molecule has 1 heterocycles. The molecule has 1 aromatic heterocycles. The molecular formula is C10H17N3O3S. The summed E-state index contributed by atoms with van der Waals surface area (Å²) in [6.07, 6.45) is 4.47. The smallest absolute Gasteiger partial charge is 0.257 e. The van der Waals surface area contributed by atoms with Gasteiger partial charge in [0.1, 0.15) is 5.82 Å². The second kappa shape index (κ2) is 4.40. The van der Waals surface area contributed by atoms with Crippen molar-refractivity contribution in [3.63, 3.8) is 0 Å². The number of H-pyrrole nitrogens is 1. The van der Waals surface area contributed by atoms with Gasteiger partial charge in [0.25, 0.3) is 10.0 Å². The zero-order valence-corrected chi connectivity index (χ0v) is 10.5. The average molecular weight is 259 g/mol. The first-order chi connectivity index (χ1) is 7.91. The summed E-state index contributed by atoms with van der Waals surface area (Å²) >= 11 is 0. The first-order valence-electron chi connectivity index (χ1n) is 5.65. The molecule has 0 bridgehead atoms. The molecule has 1 saturated carbocycles. The number of aromatic nitrogens is 2. The van der Waals surface area contributed by atoms with Crippen LogP contribution in [0.4, 0.5) is 0 Å². The summed E-state index contributed by atoms with van der Waals surface area (Å²) in [5.41, 5.74) is -0.887. The molecule has 1 aliphatic carbocycles. The first-order valence-corrected chi connectivity index (χ1v) is 7.13. The number of hydrogen-bond acceptors (Lipinski definition) is 4. The Hall–Kier alpha value is -0.920. The monoisotopic (exact) mass is 259 g/mol. The van der Waals surface area contributed by atoms with E-state index in [1.54, 1.807) is 6.92 Å². The van der Waals surface area contributed by atoms with E-state index in [0.717, 1.165) is 12.8 Å². The highest BCUT2D eigenvalue weighted by molar-refractivity contribution is 7.89. The van der Waals surface area contributed by atoms with E-state index in [4.69, 9.17) is 0 Å². The van der Waals surface area contributed by atoms with Crippen LogP contribution in [-0.4, -0.2) is 35.6 Å². The molecule has 0 amide bonds. The van der Waals surface area contributed by atoms with E-state index in [2.05, 4.69) is 14.7 Å². The summed E-state index contributed by atoms with van der Waals surface area (Å²) in [7, 11) is -3.59. The van der Waals surface area contributed by atoms with Gasteiger partial charge in [-0.25, -0.2) is 18.1 Å². The molecule has 1 aromatic rings. The largest absolute Gasteiger partial charge is 0.389 e. The van der Waals surface area contributed by atoms with Crippen molar-refractivity contribution >= 4 is 10.0 Å². The lowest BCUT2D eigenvalue weighted by molar-refractivity contribution is 0.0531. The van der Waals surface area contributed by atoms with Gasteiger partial charge in [-0.2, -0.15) is 0 Å². The molecule has 0 radical (unpaired) electrons. The number of sulfonamides is 1. The molecule has 6 nitrogen and oxygen atoms in total. The lowest BCUT2D eigenvalue weighted by Gasteiger charge is -2.21. The Kier molecular flexibility index (Phi) is 3.24. The third-order valence-corrected chi connectivity index (χ3v) is 4.41. The maximum absolute atomic E-state index is 11.9. The van der Waals surface area contributed by atoms with Gasteiger partial charge in [-0.15, -0.1) is 0 Å². The SMILES string of the molecule is Cc1ncc(S(=O)(=O)NCC2(O)CCCC2)[nH]1. The van der Waals surface area contributed by atoms with E-state index in [1.165, 1.54) is 6.20 Å². The van der Waals surface area contributed by atoms with Crippen molar-refractivity contribution in [1.29, 1.82) is 0 Å². The fourth-order valence-electron chi connectivity index (χ4n) is 2.05. The summed E-state index contributed by atoms with van der Waals surface area (Å²) in [5.74, 6) is 0.546. The first kappa shape index (κ1) is 12.5. The molecule has 1 fully saturated rings. The third kappa shape index (κ3) is 2.85. The number of nitrogens with zero attached hydrogens (tertiary/aromatic N) is 1. The van der Waals surface area contributed by atoms with Gasteiger partial charge in [-0.05, 0) is 19.8 Å². The summed E-state index contributed by atoms with van der Waals surface area (Å²) in [6.45, 7) is 1.75. The maximum atomic E-state index is 11.9. The summed E-state index contributed by atoms with van der Waals surface area (Å²) in [4.78, 5) is 6.50. The van der Waals surface area contributed by atoms with Crippen LogP contribution in [0, 0.1) is 6.92 Å². The minimum absolute atomic E-state index is 0.0385. The second-order valence-corrected chi connectivity index (χ2v) is 6.32. The van der Waals surface area contributed by atoms with Crippen molar-refractivity contribution in [3.05, 3.63) is 12.0 Å². The minimum atomic E-state index is -3.59. The Morgan fingerprint density at radius 1 is 1.53 bits per heavy atom. The Morgan fingerprint density at radius 3 is 2.71 bits per heavy atom. The van der Waals surface area contributed by atoms with E-state index >= 15 is 0 Å². The predicted octanol–water partition coefficient (Wildman–Crippen LogP) is 0.302. The van der Waals surface area contributed by atoms with Crippen LogP contribution in [0.25, 0.3) is 0 Å². The Labute approximate surface area is 101 Å². The standard InChI is InChI=1S/C10H17N3O3S/c1-8-11-6-9(13-8)17(15,16)12-7-10(14)4-2-3-5-10/h6,12,14H,2-5,7H2,1H3,(H,11,13). The minimum Gasteiger partial charge on any atom is -0.389 e. The van der Waals surface area contributed by atoms with Crippen LogP contribution in [0.5, 0.6) is 0 Å². The van der Waals surface area contributed by atoms with E-state index in [0.29, 0.717) is 18.7 Å². The van der Waals surface area contributed by atoms with Crippen molar-refractivity contribution in [3.8, 4) is 0 Å². The topological polar surface area (TPSA) is 95.1 Å². The van der Waals surface area contributed by atoms with E-state index in [9.17, 15) is 13.5 Å². The van der Waals surface area contributed by atoms with Crippen LogP contribution in [0.15, 0.2) is 11.2 Å². The lowest BCUT2D eigenvalue weighted by atomic mass is 10.0. The Bertz CT molecular complexity index is 489. The summed E-state index contributed by atoms with van der Waals surface area (Å²) in [6, 6.07) is 0. The lowest BCUT2D eigenvalue weighted by Crippen LogP contribution is -2.40. The number of aryl methyl sites for hydroxylation is 1. The molecule has 7 heteroatoms. The molecule has 0 spiro atoms. The van der Waals surface area contributed by atoms with Crippen LogP contribution in [0.3, 0.4) is 0 Å². The molecule has 0 aliphatic heterocycles. The van der Waals surface area contributed by atoms with Gasteiger partial charge in [-0.3, -0.25) is 0 Å². The average Bonchev–Trinajstić information content (AvgIpc) is 2.86. The van der Waals surface area contributed by atoms with Gasteiger partial charge < -0.3 is 10.1 Å². The zero-order valence-electron chi connectivity index (χ0n) is 9.73. The maximum Gasteiger partial charge on any atom is 0.257 e. The Morgan fingerprint density at radius 2 is 2.18 bits per heavy atom. The molecule has 17 heavy (non-hydrogen) atoms. The van der Waals surface area contributed by atoms with E-state index < -0.39 is 15.6 Å². The van der Waals surface area contributed by atoms with E-state index in [-0.39, 0.29) is 11.6 Å². The highest BCUT2D eigenvalue weighted by atomic mass is 32.2. The van der Waals surface area contributed by atoms with Gasteiger partial charge in [0.05, 0.1) is 11.8 Å². The van der Waals surface area contributed by atoms with Gasteiger partial charge in [-0.1, -0.05) is 12.8 Å². The van der Waals surface area contributed by atoms with Crippen molar-refractivity contribution < 1.29 is 13.5 Å². The predicted molar refractivity (Wildman–Crippen MR) is 61.9 cm³/mol. The highest BCUT2D eigenvalue weighted by Crippen LogP contribution is 2.28. The van der Waals surface area contributed by atoms with Crippen LogP contribution in [0.1, 0.15) is 31.5 Å². The fraction of sp³-hybridized carbons (Fsp3) is 0.700. The van der Waals surface area contributed by atoms with E-state index in [1.807, 2.05) is 0 Å². The number of rotatable bonds is 4. The van der Waals surface area contributed by atoms with Crippen molar-refractivity contribution in [2.45, 2.75) is 43.2 Å². The molecule has 3 N–H and O–H groups in total. The van der Waals surface area contributed by atoms with Gasteiger partial charge in [0.15, 0.2) is 5.03 Å². The van der Waals surface area contributed by atoms with Crippen molar-refractivity contribution in [2.75, 3.05) is 6.54 Å². The second-order valence-electron chi connectivity index (χ2n) is 4.59. The molecule has 0 unspecified atom stereocenters. The Balaban J connectivity index is 2.03. The molecule has 0 saturated heterocycles. The number of imidazole rings is 1. The molecular weight excluding hydrogens is 242 g/mol. The number of hydrogen-bond donors (Lipinski definition) is 3. The van der Waals surface area contributed by atoms with Crippen LogP contribution in [0.2, 0.25) is 0 Å². The molecule has 96 valence electrons. The normalized spacial score (nSPS) is 19.6. The fourth-order valence-corrected chi connectivity index (χ4v) is 3.14. The van der Waals surface area contributed by atoms with Crippen molar-refractivity contribution in [1.82, 2.24) is 14.7 Å². The summed E-state index contributed by atoms with van der Waals surface area (Å²) in [5, 5.41) is 10.1. The van der Waals surface area contributed by atoms with Crippen LogP contribution in [-0.2, 0) is 10.0 Å². The molecule has 0 aromatic carbocycles. The third-order valence-electron chi connectivity index (χ3n) is 3.09. The number of aliphatic hydroxyl groups is 1. The van der Waals surface area contributed by atoms with Crippen LogP contribution < -0.4 is 4.72 Å². The quantitative estimate of drug-likeness (QED) is 0.725. The van der Waals surface area contributed by atoms with Gasteiger partial charge >= 0.3 is 0 Å². The highest BCUT2D eigenvalue weighted by Gasteiger charge is 2.32. The summed E-state index contributed by atoms with van der Waals surface area (Å²) < 4.78 is 26.1. The molecule has 2 rings (SSSR count). The van der Waals surface area contributed by atoms with Crippen LogP contribution >= 0.6 is 0 Å². The van der Waals surface area contributed by atoms with Gasteiger partial charge in [0.2, 0.25) is 0 Å². The molecule has 1 aliphatic rings. The number of aromatic amines is 1. The van der Waals surface area contributed by atoms with Gasteiger partial charge in [0, 0.05) is 6.54 Å².